The fraction of sp³-hybridized carbons (Fsp3) is 0.538. The monoisotopic (exact) mass is 299 g/mol. The van der Waals surface area contributed by atoms with Gasteiger partial charge in [-0.3, -0.25) is 10.1 Å². The Labute approximate surface area is 119 Å². The predicted octanol–water partition coefficient (Wildman–Crippen LogP) is 3.29. The summed E-state index contributed by atoms with van der Waals surface area (Å²) < 4.78 is 15.6. The van der Waals surface area contributed by atoms with Gasteiger partial charge in [0.05, 0.1) is 18.1 Å². The number of nitro benzene ring substituents is 1. The summed E-state index contributed by atoms with van der Waals surface area (Å²) in [5.41, 5.74) is -0.127. The molecule has 0 aliphatic rings. The van der Waals surface area contributed by atoms with E-state index in [1.807, 2.05) is 0 Å². The zero-order valence-corrected chi connectivity index (χ0v) is 13.3. The van der Waals surface area contributed by atoms with E-state index in [0.717, 1.165) is 6.04 Å². The second kappa shape index (κ2) is 7.25. The average Bonchev–Trinajstić information content (AvgIpc) is 2.37. The van der Waals surface area contributed by atoms with Gasteiger partial charge < -0.3 is 14.2 Å². The van der Waals surface area contributed by atoms with E-state index >= 15 is 0 Å². The molecule has 0 heterocycles. The molecule has 6 nitrogen and oxygen atoms in total. The van der Waals surface area contributed by atoms with Crippen LogP contribution in [0.4, 0.5) is 5.69 Å². The predicted molar refractivity (Wildman–Crippen MR) is 79.2 cm³/mol. The Balaban J connectivity index is 2.53. The summed E-state index contributed by atoms with van der Waals surface area (Å²) in [7, 11) is 0.324. The van der Waals surface area contributed by atoms with Gasteiger partial charge in [-0.2, -0.15) is 0 Å². The van der Waals surface area contributed by atoms with Crippen LogP contribution in [-0.2, 0) is 4.74 Å². The number of nitrogens with zero attached hydrogens (tertiary/aromatic N) is 1. The van der Waals surface area contributed by atoms with E-state index in [4.69, 9.17) is 14.2 Å². The van der Waals surface area contributed by atoms with Gasteiger partial charge in [0.15, 0.2) is 12.5 Å². The molecule has 0 bridgehead atoms. The van der Waals surface area contributed by atoms with Crippen molar-refractivity contribution in [3.05, 3.63) is 28.3 Å². The van der Waals surface area contributed by atoms with E-state index in [1.165, 1.54) is 19.2 Å². The second-order valence-electron chi connectivity index (χ2n) is 5.57. The van der Waals surface area contributed by atoms with E-state index in [1.54, 1.807) is 6.07 Å². The Hall–Kier alpha value is -1.60. The van der Waals surface area contributed by atoms with Crippen LogP contribution < -0.4 is 9.47 Å². The average molecular weight is 299 g/mol. The molecule has 0 amide bonds. The van der Waals surface area contributed by atoms with Gasteiger partial charge in [0.2, 0.25) is 0 Å². The van der Waals surface area contributed by atoms with Gasteiger partial charge >= 0.3 is 5.69 Å². The molecule has 20 heavy (non-hydrogen) atoms. The molecule has 0 N–H and O–H groups in total. The number of benzene rings is 1. The molecular weight excluding hydrogens is 278 g/mol. The molecule has 0 fully saturated rings. The minimum atomic E-state index is -1.13. The summed E-state index contributed by atoms with van der Waals surface area (Å²) in [6.07, 6.45) is 0. The van der Waals surface area contributed by atoms with Gasteiger partial charge in [0.1, 0.15) is 5.75 Å². The molecule has 0 unspecified atom stereocenters. The lowest BCUT2D eigenvalue weighted by Gasteiger charge is -2.15. The van der Waals surface area contributed by atoms with Gasteiger partial charge in [-0.05, 0) is 18.2 Å². The lowest BCUT2D eigenvalue weighted by atomic mass is 10.3. The number of methoxy groups -OCH3 is 1. The smallest absolute Gasteiger partial charge is 0.314 e. The van der Waals surface area contributed by atoms with E-state index in [9.17, 15) is 10.1 Å². The van der Waals surface area contributed by atoms with Gasteiger partial charge in [0.25, 0.3) is 0 Å². The van der Waals surface area contributed by atoms with Gasteiger partial charge in [-0.25, -0.2) is 0 Å². The fourth-order valence-corrected chi connectivity index (χ4v) is 2.19. The third-order valence-electron chi connectivity index (χ3n) is 2.66. The van der Waals surface area contributed by atoms with E-state index in [-0.39, 0.29) is 18.2 Å². The summed E-state index contributed by atoms with van der Waals surface area (Å²) in [5.74, 6) is 0.604. The Morgan fingerprint density at radius 3 is 2.55 bits per heavy atom. The van der Waals surface area contributed by atoms with Crippen LogP contribution in [0, 0.1) is 10.1 Å². The molecule has 7 heteroatoms. The normalized spacial score (nSPS) is 11.2. The van der Waals surface area contributed by atoms with Crippen molar-refractivity contribution in [2.45, 2.75) is 25.7 Å². The van der Waals surface area contributed by atoms with Crippen LogP contribution in [0.15, 0.2) is 18.2 Å². The van der Waals surface area contributed by atoms with E-state index in [2.05, 4.69) is 19.6 Å². The molecule has 0 aromatic heterocycles. The Morgan fingerprint density at radius 1 is 1.30 bits per heavy atom. The third kappa shape index (κ3) is 5.58. The maximum absolute atomic E-state index is 10.9. The Morgan fingerprint density at radius 2 is 2.00 bits per heavy atom. The highest BCUT2D eigenvalue weighted by Crippen LogP contribution is 2.30. The molecule has 0 saturated carbocycles. The standard InChI is InChI=1S/C13H21NO5Si/c1-17-11-5-6-13(12(9-11)14(15)16)19-10-18-7-8-20(2,3)4/h5-6,9H,7-8,10H2,1-4H3. The van der Waals surface area contributed by atoms with E-state index < -0.39 is 13.0 Å². The second-order valence-corrected chi connectivity index (χ2v) is 11.2. The van der Waals surface area contributed by atoms with Crippen molar-refractivity contribution in [1.29, 1.82) is 0 Å². The number of ether oxygens (including phenoxy) is 3. The lowest BCUT2D eigenvalue weighted by molar-refractivity contribution is -0.386. The quantitative estimate of drug-likeness (QED) is 0.242. The summed E-state index contributed by atoms with van der Waals surface area (Å²) in [6.45, 7) is 7.39. The van der Waals surface area contributed by atoms with Gasteiger partial charge in [-0.15, -0.1) is 0 Å². The molecule has 1 rings (SSSR count). The molecule has 0 spiro atoms. The Bertz CT molecular complexity index is 459. The van der Waals surface area contributed by atoms with Crippen LogP contribution in [0.1, 0.15) is 0 Å². The fourth-order valence-electron chi connectivity index (χ4n) is 1.43. The largest absolute Gasteiger partial charge is 0.496 e. The summed E-state index contributed by atoms with van der Waals surface area (Å²) in [4.78, 5) is 10.4. The highest BCUT2D eigenvalue weighted by Gasteiger charge is 2.17. The first-order valence-corrected chi connectivity index (χ1v) is 10.1. The van der Waals surface area contributed by atoms with Crippen LogP contribution in [-0.4, -0.2) is 33.5 Å². The summed E-state index contributed by atoms with van der Waals surface area (Å²) in [6, 6.07) is 5.49. The van der Waals surface area contributed by atoms with Crippen molar-refractivity contribution in [2.75, 3.05) is 20.5 Å². The van der Waals surface area contributed by atoms with Crippen molar-refractivity contribution in [3.63, 3.8) is 0 Å². The molecule has 112 valence electrons. The molecule has 0 aliphatic heterocycles. The van der Waals surface area contributed by atoms with Gasteiger partial charge in [-0.1, -0.05) is 19.6 Å². The van der Waals surface area contributed by atoms with Crippen LogP contribution in [0.2, 0.25) is 25.7 Å². The third-order valence-corrected chi connectivity index (χ3v) is 4.36. The maximum Gasteiger partial charge on any atom is 0.314 e. The van der Waals surface area contributed by atoms with Crippen molar-refractivity contribution >= 4 is 13.8 Å². The first kappa shape index (κ1) is 16.5. The van der Waals surface area contributed by atoms with Crippen LogP contribution in [0.25, 0.3) is 0 Å². The van der Waals surface area contributed by atoms with Crippen LogP contribution in [0.5, 0.6) is 11.5 Å². The highest BCUT2D eigenvalue weighted by atomic mass is 28.3. The highest BCUT2D eigenvalue weighted by molar-refractivity contribution is 6.76. The molecule has 0 radical (unpaired) electrons. The lowest BCUT2D eigenvalue weighted by Crippen LogP contribution is -2.22. The summed E-state index contributed by atoms with van der Waals surface area (Å²) >= 11 is 0. The van der Waals surface area contributed by atoms with Crippen LogP contribution in [0.3, 0.4) is 0 Å². The van der Waals surface area contributed by atoms with Crippen molar-refractivity contribution < 1.29 is 19.1 Å². The van der Waals surface area contributed by atoms with Gasteiger partial charge in [0, 0.05) is 14.7 Å². The molecule has 0 aliphatic carbocycles. The first-order valence-electron chi connectivity index (χ1n) is 6.36. The maximum atomic E-state index is 10.9. The number of rotatable bonds is 8. The van der Waals surface area contributed by atoms with Crippen molar-refractivity contribution in [2.24, 2.45) is 0 Å². The van der Waals surface area contributed by atoms with E-state index in [0.29, 0.717) is 12.4 Å². The topological polar surface area (TPSA) is 70.8 Å². The number of hydrogen-bond donors (Lipinski definition) is 0. The van der Waals surface area contributed by atoms with Crippen molar-refractivity contribution in [3.8, 4) is 11.5 Å². The first-order chi connectivity index (χ1) is 9.33. The Kier molecular flexibility index (Phi) is 5.96. The zero-order valence-electron chi connectivity index (χ0n) is 12.3. The zero-order chi connectivity index (χ0) is 15.2. The minimum Gasteiger partial charge on any atom is -0.496 e. The van der Waals surface area contributed by atoms with Crippen LogP contribution >= 0.6 is 0 Å². The SMILES string of the molecule is COc1ccc(OCOCC[Si](C)(C)C)c([N+](=O)[O-])c1. The summed E-state index contributed by atoms with van der Waals surface area (Å²) in [5, 5.41) is 10.9. The minimum absolute atomic E-state index is 0.0116. The molecule has 1 aromatic rings. The number of hydrogen-bond acceptors (Lipinski definition) is 5. The number of nitro groups is 1. The molecule has 0 saturated heterocycles. The van der Waals surface area contributed by atoms with Crippen molar-refractivity contribution in [1.82, 2.24) is 0 Å². The molecular formula is C13H21NO5Si. The molecule has 0 atom stereocenters. The molecule has 1 aromatic carbocycles.